The number of hydrogen-bond acceptors (Lipinski definition) is 7. The van der Waals surface area contributed by atoms with E-state index in [2.05, 4.69) is 40.0 Å². The fourth-order valence-corrected chi connectivity index (χ4v) is 3.84. The zero-order chi connectivity index (χ0) is 20.7. The Labute approximate surface area is 172 Å². The van der Waals surface area contributed by atoms with Crippen molar-refractivity contribution in [1.82, 2.24) is 25.0 Å². The van der Waals surface area contributed by atoms with Crippen LogP contribution >= 0.6 is 0 Å². The summed E-state index contributed by atoms with van der Waals surface area (Å²) in [7, 11) is 0. The number of carbonyl (C=O) groups is 1. The molecule has 1 atom stereocenters. The number of carbonyl (C=O) groups excluding carboxylic acids is 1. The number of benzene rings is 1. The Kier molecular flexibility index (Phi) is 4.54. The molecule has 0 saturated carbocycles. The number of furan rings is 1. The SMILES string of the molecule is Cc1cc2occ(CC(=O)N3CC[C@@H](c4nc(-c5ncccn5)no4)C3)c2cc1C. The molecule has 5 rings (SSSR count). The topological polar surface area (TPSA) is 98.2 Å². The zero-order valence-corrected chi connectivity index (χ0v) is 16.8. The number of aromatic nitrogens is 4. The fraction of sp³-hybridized carbons (Fsp3) is 0.318. The van der Waals surface area contributed by atoms with Crippen molar-refractivity contribution < 1.29 is 13.7 Å². The maximum Gasteiger partial charge on any atom is 0.240 e. The van der Waals surface area contributed by atoms with Gasteiger partial charge in [0.1, 0.15) is 5.58 Å². The van der Waals surface area contributed by atoms with Crippen LogP contribution in [0.5, 0.6) is 0 Å². The van der Waals surface area contributed by atoms with Crippen molar-refractivity contribution in [2.75, 3.05) is 13.1 Å². The minimum absolute atomic E-state index is 0.0184. The van der Waals surface area contributed by atoms with Crippen molar-refractivity contribution in [2.45, 2.75) is 32.6 Å². The number of nitrogens with zero attached hydrogens (tertiary/aromatic N) is 5. The first-order valence-corrected chi connectivity index (χ1v) is 9.94. The Morgan fingerprint density at radius 1 is 1.17 bits per heavy atom. The van der Waals surface area contributed by atoms with E-state index in [4.69, 9.17) is 8.94 Å². The van der Waals surface area contributed by atoms with Crippen molar-refractivity contribution in [3.8, 4) is 11.6 Å². The van der Waals surface area contributed by atoms with E-state index in [9.17, 15) is 4.79 Å². The van der Waals surface area contributed by atoms with Crippen molar-refractivity contribution in [1.29, 1.82) is 0 Å². The van der Waals surface area contributed by atoms with E-state index >= 15 is 0 Å². The molecule has 0 bridgehead atoms. The lowest BCUT2D eigenvalue weighted by atomic mass is 10.0. The number of amides is 1. The minimum atomic E-state index is 0.0184. The van der Waals surface area contributed by atoms with Crippen LogP contribution in [0, 0.1) is 13.8 Å². The van der Waals surface area contributed by atoms with E-state index in [1.54, 1.807) is 24.7 Å². The Balaban J connectivity index is 1.28. The van der Waals surface area contributed by atoms with Gasteiger partial charge in [0.25, 0.3) is 0 Å². The molecule has 0 N–H and O–H groups in total. The van der Waals surface area contributed by atoms with E-state index < -0.39 is 0 Å². The molecule has 1 amide bonds. The minimum Gasteiger partial charge on any atom is -0.464 e. The lowest BCUT2D eigenvalue weighted by molar-refractivity contribution is -0.129. The second kappa shape index (κ2) is 7.37. The molecule has 1 aliphatic rings. The molecule has 0 radical (unpaired) electrons. The van der Waals surface area contributed by atoms with Crippen molar-refractivity contribution in [3.63, 3.8) is 0 Å². The lowest BCUT2D eigenvalue weighted by Crippen LogP contribution is -2.29. The second-order valence-corrected chi connectivity index (χ2v) is 7.72. The second-order valence-electron chi connectivity index (χ2n) is 7.72. The van der Waals surface area contributed by atoms with E-state index in [-0.39, 0.29) is 11.8 Å². The Morgan fingerprint density at radius 2 is 1.97 bits per heavy atom. The third kappa shape index (κ3) is 3.34. The molecular weight excluding hydrogens is 382 g/mol. The predicted octanol–water partition coefficient (Wildman–Crippen LogP) is 3.45. The molecule has 8 heteroatoms. The van der Waals surface area contributed by atoms with Crippen LogP contribution < -0.4 is 0 Å². The van der Waals surface area contributed by atoms with Gasteiger partial charge < -0.3 is 13.8 Å². The molecular formula is C22H21N5O3. The van der Waals surface area contributed by atoms with Gasteiger partial charge in [-0.1, -0.05) is 5.16 Å². The average Bonchev–Trinajstić information content (AvgIpc) is 3.49. The van der Waals surface area contributed by atoms with Gasteiger partial charge in [-0.25, -0.2) is 9.97 Å². The molecule has 3 aromatic heterocycles. The summed E-state index contributed by atoms with van der Waals surface area (Å²) in [5.41, 5.74) is 4.11. The summed E-state index contributed by atoms with van der Waals surface area (Å²) in [6.45, 7) is 5.35. The monoisotopic (exact) mass is 403 g/mol. The molecule has 30 heavy (non-hydrogen) atoms. The van der Waals surface area contributed by atoms with Gasteiger partial charge in [-0.05, 0) is 49.6 Å². The average molecular weight is 403 g/mol. The highest BCUT2D eigenvalue weighted by molar-refractivity contribution is 5.88. The van der Waals surface area contributed by atoms with Crippen LogP contribution in [-0.2, 0) is 11.2 Å². The van der Waals surface area contributed by atoms with Crippen LogP contribution in [0.25, 0.3) is 22.6 Å². The number of rotatable bonds is 4. The highest BCUT2D eigenvalue weighted by Crippen LogP contribution is 2.29. The van der Waals surface area contributed by atoms with Gasteiger partial charge in [-0.15, -0.1) is 0 Å². The zero-order valence-electron chi connectivity index (χ0n) is 16.8. The first-order valence-electron chi connectivity index (χ1n) is 9.94. The van der Waals surface area contributed by atoms with Crippen LogP contribution in [0.3, 0.4) is 0 Å². The summed E-state index contributed by atoms with van der Waals surface area (Å²) in [6.07, 6.45) is 6.06. The van der Waals surface area contributed by atoms with E-state index in [1.807, 2.05) is 11.0 Å². The Bertz CT molecular complexity index is 1210. The fourth-order valence-electron chi connectivity index (χ4n) is 3.84. The molecule has 0 spiro atoms. The maximum atomic E-state index is 12.9. The number of likely N-dealkylation sites (tertiary alicyclic amines) is 1. The van der Waals surface area contributed by atoms with E-state index in [0.29, 0.717) is 37.0 Å². The number of fused-ring (bicyclic) bond motifs is 1. The summed E-state index contributed by atoms with van der Waals surface area (Å²) in [5.74, 6) is 1.41. The highest BCUT2D eigenvalue weighted by atomic mass is 16.5. The summed E-state index contributed by atoms with van der Waals surface area (Å²) in [4.78, 5) is 27.5. The molecule has 8 nitrogen and oxygen atoms in total. The summed E-state index contributed by atoms with van der Waals surface area (Å²) < 4.78 is 11.1. The molecule has 1 aromatic carbocycles. The third-order valence-corrected chi connectivity index (χ3v) is 5.71. The highest BCUT2D eigenvalue weighted by Gasteiger charge is 2.31. The quantitative estimate of drug-likeness (QED) is 0.515. The van der Waals surface area contributed by atoms with Gasteiger partial charge >= 0.3 is 0 Å². The summed E-state index contributed by atoms with van der Waals surface area (Å²) in [5, 5.41) is 4.99. The molecule has 1 aliphatic heterocycles. The molecule has 0 aliphatic carbocycles. The van der Waals surface area contributed by atoms with Gasteiger partial charge in [0.15, 0.2) is 0 Å². The van der Waals surface area contributed by atoms with Gasteiger partial charge in [-0.3, -0.25) is 4.79 Å². The Hall–Kier alpha value is -3.55. The first kappa shape index (κ1) is 18.5. The first-order chi connectivity index (χ1) is 14.6. The summed E-state index contributed by atoms with van der Waals surface area (Å²) in [6, 6.07) is 5.85. The normalized spacial score (nSPS) is 16.5. The van der Waals surface area contributed by atoms with Crippen LogP contribution in [0.15, 0.2) is 45.8 Å². The number of aryl methyl sites for hydroxylation is 2. The molecule has 0 unspecified atom stereocenters. The van der Waals surface area contributed by atoms with Crippen molar-refractivity contribution >= 4 is 16.9 Å². The van der Waals surface area contributed by atoms with Crippen LogP contribution in [0.4, 0.5) is 0 Å². The van der Waals surface area contributed by atoms with E-state index in [0.717, 1.165) is 23.0 Å². The molecule has 4 heterocycles. The van der Waals surface area contributed by atoms with Gasteiger partial charge in [0.2, 0.25) is 23.4 Å². The molecule has 4 aromatic rings. The molecule has 1 saturated heterocycles. The smallest absolute Gasteiger partial charge is 0.240 e. The maximum absolute atomic E-state index is 12.9. The third-order valence-electron chi connectivity index (χ3n) is 5.71. The summed E-state index contributed by atoms with van der Waals surface area (Å²) >= 11 is 0. The predicted molar refractivity (Wildman–Crippen MR) is 109 cm³/mol. The largest absolute Gasteiger partial charge is 0.464 e. The van der Waals surface area contributed by atoms with Crippen LogP contribution in [0.1, 0.15) is 34.9 Å². The van der Waals surface area contributed by atoms with Crippen LogP contribution in [0.2, 0.25) is 0 Å². The van der Waals surface area contributed by atoms with Crippen molar-refractivity contribution in [3.05, 3.63) is 59.4 Å². The van der Waals surface area contributed by atoms with Crippen LogP contribution in [-0.4, -0.2) is 44.0 Å². The standard InChI is InChI=1S/C22H21N5O3/c1-13-8-17-16(12-29-18(17)9-14(13)2)10-19(28)27-7-4-15(11-27)22-25-21(26-30-22)20-23-5-3-6-24-20/h3,5-6,8-9,12,15H,4,7,10-11H2,1-2H3/t15-/m1/s1. The van der Waals surface area contributed by atoms with Gasteiger partial charge in [-0.2, -0.15) is 4.98 Å². The van der Waals surface area contributed by atoms with E-state index in [1.165, 1.54) is 11.1 Å². The Morgan fingerprint density at radius 3 is 2.80 bits per heavy atom. The van der Waals surface area contributed by atoms with Gasteiger partial charge in [0, 0.05) is 36.4 Å². The van der Waals surface area contributed by atoms with Crippen molar-refractivity contribution in [2.24, 2.45) is 0 Å². The molecule has 152 valence electrons. The number of hydrogen-bond donors (Lipinski definition) is 0. The van der Waals surface area contributed by atoms with Gasteiger partial charge in [0.05, 0.1) is 18.6 Å². The lowest BCUT2D eigenvalue weighted by Gasteiger charge is -2.15. The molecule has 1 fully saturated rings.